The molecular formula is C18H15N5O. The highest BCUT2D eigenvalue weighted by Crippen LogP contribution is 2.24. The summed E-state index contributed by atoms with van der Waals surface area (Å²) >= 11 is 0. The van der Waals surface area contributed by atoms with Gasteiger partial charge in [-0.1, -0.05) is 18.2 Å². The molecule has 0 amide bonds. The van der Waals surface area contributed by atoms with Crippen molar-refractivity contribution >= 4 is 16.7 Å². The number of hydrogen-bond donors (Lipinski definition) is 0. The lowest BCUT2D eigenvalue weighted by Gasteiger charge is -2.04. The highest BCUT2D eigenvalue weighted by molar-refractivity contribution is 5.93. The molecule has 4 rings (SSSR count). The van der Waals surface area contributed by atoms with Gasteiger partial charge in [-0.3, -0.25) is 4.79 Å². The minimum Gasteiger partial charge on any atom is -0.338 e. The fourth-order valence-electron chi connectivity index (χ4n) is 2.66. The number of hydrogen-bond acceptors (Lipinski definition) is 4. The van der Waals surface area contributed by atoms with Crippen molar-refractivity contribution in [3.63, 3.8) is 0 Å². The first-order valence-corrected chi connectivity index (χ1v) is 7.56. The van der Waals surface area contributed by atoms with Crippen LogP contribution in [-0.4, -0.2) is 30.1 Å². The molecule has 0 fully saturated rings. The second kappa shape index (κ2) is 5.42. The first-order chi connectivity index (χ1) is 11.6. The number of rotatable bonds is 3. The quantitative estimate of drug-likeness (QED) is 0.545. The average molecular weight is 317 g/mol. The molecule has 0 aliphatic rings. The van der Waals surface area contributed by atoms with Gasteiger partial charge in [0.2, 0.25) is 0 Å². The fourth-order valence-corrected chi connectivity index (χ4v) is 2.66. The summed E-state index contributed by atoms with van der Waals surface area (Å²) in [4.78, 5) is 20.3. The van der Waals surface area contributed by atoms with E-state index in [9.17, 15) is 4.79 Å². The molecule has 0 unspecified atom stereocenters. The topological polar surface area (TPSA) is 65.6 Å². The van der Waals surface area contributed by atoms with E-state index in [0.717, 1.165) is 28.0 Å². The van der Waals surface area contributed by atoms with E-state index < -0.39 is 0 Å². The maximum Gasteiger partial charge on any atom is 0.178 e. The van der Waals surface area contributed by atoms with E-state index in [2.05, 4.69) is 15.1 Å². The number of fused-ring (bicyclic) bond motifs is 1. The zero-order valence-corrected chi connectivity index (χ0v) is 13.3. The van der Waals surface area contributed by atoms with Crippen LogP contribution in [-0.2, 0) is 7.05 Å². The molecule has 118 valence electrons. The Morgan fingerprint density at radius 3 is 2.79 bits per heavy atom. The molecule has 6 nitrogen and oxygen atoms in total. The number of carbonyl (C=O) groups is 1. The number of aryl methyl sites for hydroxylation is 1. The smallest absolute Gasteiger partial charge is 0.178 e. The van der Waals surface area contributed by atoms with Gasteiger partial charge in [-0.2, -0.15) is 5.10 Å². The lowest BCUT2D eigenvalue weighted by molar-refractivity contribution is 0.101. The average Bonchev–Trinajstić information content (AvgIpc) is 3.20. The van der Waals surface area contributed by atoms with E-state index >= 15 is 0 Å². The highest BCUT2D eigenvalue weighted by atomic mass is 16.1. The Morgan fingerprint density at radius 2 is 2.04 bits per heavy atom. The zero-order valence-electron chi connectivity index (χ0n) is 13.3. The van der Waals surface area contributed by atoms with Gasteiger partial charge in [-0.05, 0) is 18.2 Å². The molecule has 0 N–H and O–H groups in total. The number of Topliss-reactive ketones (excluding diaryl/α,β-unsaturated/α-hetero) is 1. The molecule has 0 aliphatic heterocycles. The van der Waals surface area contributed by atoms with Crippen LogP contribution in [0.1, 0.15) is 17.4 Å². The monoisotopic (exact) mass is 317 g/mol. The molecule has 6 heteroatoms. The molecule has 0 saturated heterocycles. The largest absolute Gasteiger partial charge is 0.338 e. The minimum absolute atomic E-state index is 0.0449. The molecule has 0 bridgehead atoms. The van der Waals surface area contributed by atoms with Crippen LogP contribution in [0.4, 0.5) is 0 Å². The van der Waals surface area contributed by atoms with Crippen LogP contribution in [0.5, 0.6) is 0 Å². The van der Waals surface area contributed by atoms with Crippen LogP contribution in [0, 0.1) is 0 Å². The van der Waals surface area contributed by atoms with Gasteiger partial charge in [0.05, 0.1) is 23.7 Å². The van der Waals surface area contributed by atoms with E-state index in [1.165, 1.54) is 6.92 Å². The Morgan fingerprint density at radius 1 is 1.17 bits per heavy atom. The Hall–Kier alpha value is -3.28. The van der Waals surface area contributed by atoms with Crippen LogP contribution >= 0.6 is 0 Å². The van der Waals surface area contributed by atoms with Gasteiger partial charge in [0.1, 0.15) is 5.69 Å². The molecule has 0 spiro atoms. The Bertz CT molecular complexity index is 1060. The molecule has 4 aromatic rings. The van der Waals surface area contributed by atoms with Crippen LogP contribution in [0.2, 0.25) is 0 Å². The summed E-state index contributed by atoms with van der Waals surface area (Å²) in [5, 5.41) is 5.45. The number of carbonyl (C=O) groups excluding carboxylic acids is 1. The molecule has 24 heavy (non-hydrogen) atoms. The van der Waals surface area contributed by atoms with Crippen LogP contribution in [0.15, 0.2) is 55.1 Å². The van der Waals surface area contributed by atoms with Crippen molar-refractivity contribution in [2.75, 3.05) is 0 Å². The number of ketones is 1. The first-order valence-electron chi connectivity index (χ1n) is 7.56. The molecule has 1 aromatic carbocycles. The molecule has 3 aromatic heterocycles. The van der Waals surface area contributed by atoms with Gasteiger partial charge >= 0.3 is 0 Å². The number of imidazole rings is 1. The maximum absolute atomic E-state index is 11.6. The SMILES string of the molecule is CC(=O)c1cccc(-c2ccc3cnn(-c4cn(C)cn4)c3c2)n1. The normalized spacial score (nSPS) is 11.1. The Labute approximate surface area is 138 Å². The summed E-state index contributed by atoms with van der Waals surface area (Å²) in [5.41, 5.74) is 3.11. The van der Waals surface area contributed by atoms with Gasteiger partial charge in [0.25, 0.3) is 0 Å². The predicted molar refractivity (Wildman–Crippen MR) is 91.1 cm³/mol. The highest BCUT2D eigenvalue weighted by Gasteiger charge is 2.10. The molecule has 0 atom stereocenters. The van der Waals surface area contributed by atoms with Crippen molar-refractivity contribution in [1.29, 1.82) is 0 Å². The summed E-state index contributed by atoms with van der Waals surface area (Å²) in [6, 6.07) is 11.5. The van der Waals surface area contributed by atoms with Crippen molar-refractivity contribution in [2.45, 2.75) is 6.92 Å². The minimum atomic E-state index is -0.0449. The molecule has 0 aliphatic carbocycles. The van der Waals surface area contributed by atoms with Gasteiger partial charge in [0.15, 0.2) is 11.6 Å². The lowest BCUT2D eigenvalue weighted by Crippen LogP contribution is -1.98. The summed E-state index contributed by atoms with van der Waals surface area (Å²) in [6.07, 6.45) is 5.46. The summed E-state index contributed by atoms with van der Waals surface area (Å²) in [5.74, 6) is 0.714. The molecule has 3 heterocycles. The first kappa shape index (κ1) is 14.3. The third kappa shape index (κ3) is 2.38. The van der Waals surface area contributed by atoms with Gasteiger partial charge in [0, 0.05) is 31.1 Å². The second-order valence-electron chi connectivity index (χ2n) is 5.69. The van der Waals surface area contributed by atoms with Gasteiger partial charge in [-0.15, -0.1) is 0 Å². The van der Waals surface area contributed by atoms with E-state index in [1.54, 1.807) is 17.1 Å². The summed E-state index contributed by atoms with van der Waals surface area (Å²) in [6.45, 7) is 1.52. The van der Waals surface area contributed by atoms with Crippen LogP contribution < -0.4 is 0 Å². The van der Waals surface area contributed by atoms with Crippen molar-refractivity contribution in [1.82, 2.24) is 24.3 Å². The third-order valence-corrected chi connectivity index (χ3v) is 3.88. The van der Waals surface area contributed by atoms with Gasteiger partial charge in [-0.25, -0.2) is 14.6 Å². The Balaban J connectivity index is 1.86. The predicted octanol–water partition coefficient (Wildman–Crippen LogP) is 3.02. The van der Waals surface area contributed by atoms with E-state index in [-0.39, 0.29) is 5.78 Å². The standard InChI is InChI=1S/C18H15N5O/c1-12(24)15-4-3-5-16(21-15)13-6-7-14-9-20-23(17(14)8-13)18-10-22(2)11-19-18/h3-11H,1-2H3. The van der Waals surface area contributed by atoms with Crippen molar-refractivity contribution in [3.8, 4) is 17.1 Å². The zero-order chi connectivity index (χ0) is 16.7. The van der Waals surface area contributed by atoms with Crippen molar-refractivity contribution in [3.05, 3.63) is 60.8 Å². The molecular weight excluding hydrogens is 302 g/mol. The van der Waals surface area contributed by atoms with Crippen molar-refractivity contribution in [2.24, 2.45) is 7.05 Å². The van der Waals surface area contributed by atoms with Crippen LogP contribution in [0.3, 0.4) is 0 Å². The molecule has 0 saturated carbocycles. The summed E-state index contributed by atoms with van der Waals surface area (Å²) < 4.78 is 3.68. The maximum atomic E-state index is 11.6. The van der Waals surface area contributed by atoms with E-state index in [1.807, 2.05) is 54.3 Å². The lowest BCUT2D eigenvalue weighted by atomic mass is 10.1. The van der Waals surface area contributed by atoms with Gasteiger partial charge < -0.3 is 4.57 Å². The third-order valence-electron chi connectivity index (χ3n) is 3.88. The number of aromatic nitrogens is 5. The van der Waals surface area contributed by atoms with Crippen molar-refractivity contribution < 1.29 is 4.79 Å². The summed E-state index contributed by atoms with van der Waals surface area (Å²) in [7, 11) is 1.92. The van der Waals surface area contributed by atoms with E-state index in [4.69, 9.17) is 0 Å². The fraction of sp³-hybridized carbons (Fsp3) is 0.111. The number of nitrogens with zero attached hydrogens (tertiary/aromatic N) is 5. The molecule has 0 radical (unpaired) electrons. The van der Waals surface area contributed by atoms with E-state index in [0.29, 0.717) is 5.69 Å². The van der Waals surface area contributed by atoms with Crippen LogP contribution in [0.25, 0.3) is 28.0 Å². The Kier molecular flexibility index (Phi) is 3.23. The number of benzene rings is 1. The number of pyridine rings is 1. The second-order valence-corrected chi connectivity index (χ2v) is 5.69.